The van der Waals surface area contributed by atoms with Gasteiger partial charge in [-0.1, -0.05) is 29.8 Å². The third-order valence-corrected chi connectivity index (χ3v) is 3.48. The number of halogens is 1. The molecule has 1 aromatic heterocycles. The molecule has 96 valence electrons. The first-order valence-corrected chi connectivity index (χ1v) is 6.51. The Morgan fingerprint density at radius 3 is 2.58 bits per heavy atom. The summed E-state index contributed by atoms with van der Waals surface area (Å²) in [7, 11) is 1.68. The van der Waals surface area contributed by atoms with Crippen molar-refractivity contribution in [3.8, 4) is 5.75 Å². The van der Waals surface area contributed by atoms with Gasteiger partial charge in [-0.15, -0.1) is 0 Å². The Morgan fingerprint density at radius 1 is 1.05 bits per heavy atom. The predicted molar refractivity (Wildman–Crippen MR) is 79.0 cm³/mol. The molecule has 0 radical (unpaired) electrons. The van der Waals surface area contributed by atoms with E-state index in [-0.39, 0.29) is 0 Å². The van der Waals surface area contributed by atoms with Crippen molar-refractivity contribution in [1.82, 2.24) is 4.57 Å². The minimum Gasteiger partial charge on any atom is -0.497 e. The molecule has 0 N–H and O–H groups in total. The molecular weight excluding hydrogens is 258 g/mol. The average Bonchev–Trinajstić information content (AvgIpc) is 2.82. The summed E-state index contributed by atoms with van der Waals surface area (Å²) in [4.78, 5) is 0. The smallest absolute Gasteiger partial charge is 0.118 e. The van der Waals surface area contributed by atoms with Gasteiger partial charge in [-0.05, 0) is 41.3 Å². The van der Waals surface area contributed by atoms with Crippen LogP contribution < -0.4 is 4.74 Å². The Hall–Kier alpha value is -1.93. The summed E-state index contributed by atoms with van der Waals surface area (Å²) < 4.78 is 7.36. The normalized spacial score (nSPS) is 10.8. The highest BCUT2D eigenvalue weighted by atomic mass is 35.5. The van der Waals surface area contributed by atoms with E-state index < -0.39 is 0 Å². The molecule has 0 aliphatic carbocycles. The molecule has 3 rings (SSSR count). The molecule has 1 heterocycles. The number of methoxy groups -OCH3 is 1. The Labute approximate surface area is 117 Å². The van der Waals surface area contributed by atoms with Crippen LogP contribution in [0.25, 0.3) is 10.9 Å². The van der Waals surface area contributed by atoms with Gasteiger partial charge in [0.05, 0.1) is 7.11 Å². The van der Waals surface area contributed by atoms with Gasteiger partial charge in [-0.3, -0.25) is 0 Å². The third kappa shape index (κ3) is 2.45. The van der Waals surface area contributed by atoms with Gasteiger partial charge in [0.1, 0.15) is 5.75 Å². The van der Waals surface area contributed by atoms with E-state index >= 15 is 0 Å². The van der Waals surface area contributed by atoms with E-state index in [1.54, 1.807) is 7.11 Å². The molecule has 0 unspecified atom stereocenters. The molecule has 2 aromatic carbocycles. The quantitative estimate of drug-likeness (QED) is 0.691. The van der Waals surface area contributed by atoms with E-state index in [0.29, 0.717) is 0 Å². The predicted octanol–water partition coefficient (Wildman–Crippen LogP) is 4.35. The van der Waals surface area contributed by atoms with Crippen molar-refractivity contribution in [3.63, 3.8) is 0 Å². The summed E-state index contributed by atoms with van der Waals surface area (Å²) in [6.07, 6.45) is 2.09. The number of hydrogen-bond donors (Lipinski definition) is 0. The molecule has 0 atom stereocenters. The SMILES string of the molecule is COc1ccc(Cn2ccc3ccc(Cl)cc32)cc1. The number of fused-ring (bicyclic) bond motifs is 1. The van der Waals surface area contributed by atoms with Crippen molar-refractivity contribution in [2.75, 3.05) is 7.11 Å². The lowest BCUT2D eigenvalue weighted by Gasteiger charge is -2.07. The molecule has 2 nitrogen and oxygen atoms in total. The Balaban J connectivity index is 1.93. The fourth-order valence-corrected chi connectivity index (χ4v) is 2.39. The summed E-state index contributed by atoms with van der Waals surface area (Å²) in [6.45, 7) is 0.827. The molecule has 19 heavy (non-hydrogen) atoms. The van der Waals surface area contributed by atoms with Crippen LogP contribution in [0.3, 0.4) is 0 Å². The van der Waals surface area contributed by atoms with Crippen LogP contribution in [-0.2, 0) is 6.54 Å². The number of benzene rings is 2. The first-order chi connectivity index (χ1) is 9.26. The summed E-state index contributed by atoms with van der Waals surface area (Å²) in [5.74, 6) is 0.879. The number of nitrogens with zero attached hydrogens (tertiary/aromatic N) is 1. The van der Waals surface area contributed by atoms with Gasteiger partial charge in [0.25, 0.3) is 0 Å². The highest BCUT2D eigenvalue weighted by Crippen LogP contribution is 2.22. The van der Waals surface area contributed by atoms with Gasteiger partial charge in [-0.25, -0.2) is 0 Å². The minimum atomic E-state index is 0.766. The van der Waals surface area contributed by atoms with Crippen molar-refractivity contribution in [1.29, 1.82) is 0 Å². The Kier molecular flexibility index (Phi) is 3.18. The van der Waals surface area contributed by atoms with E-state index in [9.17, 15) is 0 Å². The molecular formula is C16H14ClNO. The van der Waals surface area contributed by atoms with Gasteiger partial charge in [-0.2, -0.15) is 0 Å². The van der Waals surface area contributed by atoms with E-state index in [0.717, 1.165) is 22.8 Å². The number of aromatic nitrogens is 1. The molecule has 0 bridgehead atoms. The maximum absolute atomic E-state index is 6.06. The summed E-state index contributed by atoms with van der Waals surface area (Å²) in [6, 6.07) is 16.2. The first kappa shape index (κ1) is 12.1. The van der Waals surface area contributed by atoms with Crippen LogP contribution in [0.1, 0.15) is 5.56 Å². The largest absolute Gasteiger partial charge is 0.497 e. The maximum atomic E-state index is 6.06. The lowest BCUT2D eigenvalue weighted by atomic mass is 10.2. The number of ether oxygens (including phenoxy) is 1. The van der Waals surface area contributed by atoms with Crippen LogP contribution in [0.15, 0.2) is 54.7 Å². The number of hydrogen-bond acceptors (Lipinski definition) is 1. The highest BCUT2D eigenvalue weighted by Gasteiger charge is 2.03. The Bertz CT molecular complexity index is 700. The average molecular weight is 272 g/mol. The van der Waals surface area contributed by atoms with Crippen molar-refractivity contribution in [2.24, 2.45) is 0 Å². The molecule has 0 spiro atoms. The van der Waals surface area contributed by atoms with Crippen LogP contribution >= 0.6 is 11.6 Å². The molecule has 0 saturated heterocycles. The van der Waals surface area contributed by atoms with Crippen LogP contribution in [0, 0.1) is 0 Å². The summed E-state index contributed by atoms with van der Waals surface area (Å²) in [5.41, 5.74) is 2.39. The zero-order chi connectivity index (χ0) is 13.2. The van der Waals surface area contributed by atoms with E-state index in [1.165, 1.54) is 10.9 Å². The molecule has 0 aliphatic rings. The summed E-state index contributed by atoms with van der Waals surface area (Å²) >= 11 is 6.06. The lowest BCUT2D eigenvalue weighted by Crippen LogP contribution is -1.97. The monoisotopic (exact) mass is 271 g/mol. The van der Waals surface area contributed by atoms with Gasteiger partial charge < -0.3 is 9.30 Å². The van der Waals surface area contributed by atoms with Crippen LogP contribution in [0.4, 0.5) is 0 Å². The summed E-state index contributed by atoms with van der Waals surface area (Å²) in [5, 5.41) is 1.97. The third-order valence-electron chi connectivity index (χ3n) is 3.25. The van der Waals surface area contributed by atoms with Crippen LogP contribution in [0.5, 0.6) is 5.75 Å². The fraction of sp³-hybridized carbons (Fsp3) is 0.125. The molecule has 0 amide bonds. The van der Waals surface area contributed by atoms with Crippen molar-refractivity contribution in [3.05, 3.63) is 65.3 Å². The van der Waals surface area contributed by atoms with Gasteiger partial charge in [0.15, 0.2) is 0 Å². The molecule has 0 aliphatic heterocycles. The standard InChI is InChI=1S/C16H14ClNO/c1-19-15-6-2-12(3-7-15)11-18-9-8-13-4-5-14(17)10-16(13)18/h2-10H,11H2,1H3. The van der Waals surface area contributed by atoms with Crippen molar-refractivity contribution in [2.45, 2.75) is 6.54 Å². The van der Waals surface area contributed by atoms with Gasteiger partial charge in [0.2, 0.25) is 0 Å². The van der Waals surface area contributed by atoms with Gasteiger partial charge in [0, 0.05) is 23.3 Å². The number of rotatable bonds is 3. The van der Waals surface area contributed by atoms with E-state index in [4.69, 9.17) is 16.3 Å². The fourth-order valence-electron chi connectivity index (χ4n) is 2.22. The zero-order valence-corrected chi connectivity index (χ0v) is 11.4. The highest BCUT2D eigenvalue weighted by molar-refractivity contribution is 6.31. The van der Waals surface area contributed by atoms with E-state index in [1.807, 2.05) is 30.3 Å². The molecule has 3 heteroatoms. The molecule has 3 aromatic rings. The minimum absolute atomic E-state index is 0.766. The maximum Gasteiger partial charge on any atom is 0.118 e. The second kappa shape index (κ2) is 4.98. The van der Waals surface area contributed by atoms with Crippen LogP contribution in [0.2, 0.25) is 5.02 Å². The lowest BCUT2D eigenvalue weighted by molar-refractivity contribution is 0.414. The Morgan fingerprint density at radius 2 is 1.84 bits per heavy atom. The molecule has 0 fully saturated rings. The topological polar surface area (TPSA) is 14.2 Å². The second-order valence-corrected chi connectivity index (χ2v) is 4.93. The van der Waals surface area contributed by atoms with Crippen molar-refractivity contribution >= 4 is 22.5 Å². The zero-order valence-electron chi connectivity index (χ0n) is 10.6. The molecule has 0 saturated carbocycles. The van der Waals surface area contributed by atoms with Gasteiger partial charge >= 0.3 is 0 Å². The van der Waals surface area contributed by atoms with Crippen molar-refractivity contribution < 1.29 is 4.74 Å². The second-order valence-electron chi connectivity index (χ2n) is 4.49. The first-order valence-electron chi connectivity index (χ1n) is 6.13. The van der Waals surface area contributed by atoms with E-state index in [2.05, 4.69) is 29.0 Å². The van der Waals surface area contributed by atoms with Crippen LogP contribution in [-0.4, -0.2) is 11.7 Å².